The molecule has 1 saturated carbocycles. The summed E-state index contributed by atoms with van der Waals surface area (Å²) >= 11 is 0. The van der Waals surface area contributed by atoms with Gasteiger partial charge >= 0.3 is 5.97 Å². The highest BCUT2D eigenvalue weighted by molar-refractivity contribution is 5.98. The molecule has 0 bridgehead atoms. The number of amides is 2. The highest BCUT2D eigenvalue weighted by Gasteiger charge is 2.26. The van der Waals surface area contributed by atoms with E-state index in [1.165, 1.54) is 0 Å². The summed E-state index contributed by atoms with van der Waals surface area (Å²) in [6, 6.07) is 5.46. The van der Waals surface area contributed by atoms with Crippen LogP contribution in [0.1, 0.15) is 55.5 Å². The fourth-order valence-corrected chi connectivity index (χ4v) is 2.50. The zero-order valence-corrected chi connectivity index (χ0v) is 14.3. The molecule has 1 aromatic carbocycles. The Bertz CT molecular complexity index is 663. The van der Waals surface area contributed by atoms with Crippen molar-refractivity contribution in [3.05, 3.63) is 29.3 Å². The first-order valence-corrected chi connectivity index (χ1v) is 8.09. The summed E-state index contributed by atoms with van der Waals surface area (Å²) in [4.78, 5) is 35.2. The van der Waals surface area contributed by atoms with Gasteiger partial charge in [0.15, 0.2) is 0 Å². The van der Waals surface area contributed by atoms with Crippen molar-refractivity contribution in [1.82, 2.24) is 5.32 Å². The first-order chi connectivity index (χ1) is 11.2. The van der Waals surface area contributed by atoms with Crippen LogP contribution in [0.2, 0.25) is 0 Å². The molecule has 0 spiro atoms. The molecular weight excluding hydrogens is 308 g/mol. The second-order valence-electron chi connectivity index (χ2n) is 7.24. The highest BCUT2D eigenvalue weighted by Crippen LogP contribution is 2.26. The van der Waals surface area contributed by atoms with Gasteiger partial charge in [-0.3, -0.25) is 14.4 Å². The molecule has 0 aliphatic heterocycles. The smallest absolute Gasteiger partial charge is 0.303 e. The molecule has 1 aliphatic carbocycles. The van der Waals surface area contributed by atoms with Crippen LogP contribution >= 0.6 is 0 Å². The van der Waals surface area contributed by atoms with Crippen molar-refractivity contribution in [2.75, 3.05) is 5.32 Å². The molecule has 3 N–H and O–H groups in total. The third-order valence-electron chi connectivity index (χ3n) is 3.96. The van der Waals surface area contributed by atoms with E-state index in [-0.39, 0.29) is 30.7 Å². The van der Waals surface area contributed by atoms with E-state index in [1.807, 2.05) is 6.92 Å². The molecule has 6 nitrogen and oxygen atoms in total. The van der Waals surface area contributed by atoms with E-state index in [4.69, 9.17) is 5.11 Å². The summed E-state index contributed by atoms with van der Waals surface area (Å²) in [5, 5.41) is 14.6. The maximum absolute atomic E-state index is 12.2. The van der Waals surface area contributed by atoms with Crippen LogP contribution in [0, 0.1) is 12.3 Å². The molecule has 0 radical (unpaired) electrons. The number of carboxylic acid groups (broad SMARTS) is 1. The topological polar surface area (TPSA) is 95.5 Å². The van der Waals surface area contributed by atoms with Gasteiger partial charge in [-0.2, -0.15) is 0 Å². The molecule has 0 aromatic heterocycles. The van der Waals surface area contributed by atoms with Crippen molar-refractivity contribution in [3.63, 3.8) is 0 Å². The second kappa shape index (κ2) is 7.03. The Balaban J connectivity index is 2.03. The minimum absolute atomic E-state index is 0.0801. The van der Waals surface area contributed by atoms with Crippen LogP contribution in [0.15, 0.2) is 18.2 Å². The molecule has 1 aromatic rings. The standard InChI is InChI=1S/C18H24N2O4/c1-11-4-5-12(17(24)19-13-6-7-13)8-14(11)20-15(21)9-18(2,3)10-16(22)23/h4-5,8,13H,6-7,9-10H2,1-3H3,(H,19,24)(H,20,21)(H,22,23). The number of carbonyl (C=O) groups is 3. The highest BCUT2D eigenvalue weighted by atomic mass is 16.4. The monoisotopic (exact) mass is 332 g/mol. The number of nitrogens with one attached hydrogen (secondary N) is 2. The van der Waals surface area contributed by atoms with E-state index in [2.05, 4.69) is 10.6 Å². The molecule has 0 atom stereocenters. The Morgan fingerprint density at radius 3 is 2.46 bits per heavy atom. The average Bonchev–Trinajstić information content (AvgIpc) is 3.22. The number of hydrogen-bond acceptors (Lipinski definition) is 3. The molecule has 0 heterocycles. The Morgan fingerprint density at radius 1 is 1.21 bits per heavy atom. The van der Waals surface area contributed by atoms with Gasteiger partial charge in [-0.15, -0.1) is 0 Å². The molecule has 24 heavy (non-hydrogen) atoms. The Morgan fingerprint density at radius 2 is 1.88 bits per heavy atom. The summed E-state index contributed by atoms with van der Waals surface area (Å²) in [6.07, 6.45) is 2.04. The van der Waals surface area contributed by atoms with E-state index in [1.54, 1.807) is 32.0 Å². The predicted molar refractivity (Wildman–Crippen MR) is 90.9 cm³/mol. The van der Waals surface area contributed by atoms with Gasteiger partial charge in [-0.05, 0) is 42.9 Å². The van der Waals surface area contributed by atoms with Crippen LogP contribution in [0.5, 0.6) is 0 Å². The lowest BCUT2D eigenvalue weighted by atomic mass is 9.85. The minimum Gasteiger partial charge on any atom is -0.481 e. The fourth-order valence-electron chi connectivity index (χ4n) is 2.50. The van der Waals surface area contributed by atoms with Gasteiger partial charge in [0.05, 0.1) is 6.42 Å². The number of aryl methyl sites for hydroxylation is 1. The van der Waals surface area contributed by atoms with Crippen molar-refractivity contribution >= 4 is 23.5 Å². The number of carboxylic acids is 1. The zero-order chi connectivity index (χ0) is 17.9. The van der Waals surface area contributed by atoms with Gasteiger partial charge in [0, 0.05) is 23.7 Å². The largest absolute Gasteiger partial charge is 0.481 e. The summed E-state index contributed by atoms with van der Waals surface area (Å²) in [6.45, 7) is 5.33. The molecule has 2 rings (SSSR count). The fraction of sp³-hybridized carbons (Fsp3) is 0.500. The Hall–Kier alpha value is -2.37. The van der Waals surface area contributed by atoms with E-state index in [9.17, 15) is 14.4 Å². The third-order valence-corrected chi connectivity index (χ3v) is 3.96. The van der Waals surface area contributed by atoms with Gasteiger partial charge in [-0.1, -0.05) is 19.9 Å². The SMILES string of the molecule is Cc1ccc(C(=O)NC2CC2)cc1NC(=O)CC(C)(C)CC(=O)O. The molecule has 0 saturated heterocycles. The van der Waals surface area contributed by atoms with Crippen LogP contribution in [-0.4, -0.2) is 28.9 Å². The molecule has 2 amide bonds. The van der Waals surface area contributed by atoms with Crippen molar-refractivity contribution in [3.8, 4) is 0 Å². The van der Waals surface area contributed by atoms with Gasteiger partial charge in [0.2, 0.25) is 5.91 Å². The van der Waals surface area contributed by atoms with E-state index >= 15 is 0 Å². The quantitative estimate of drug-likeness (QED) is 0.715. The molecule has 130 valence electrons. The van der Waals surface area contributed by atoms with Crippen molar-refractivity contribution in [1.29, 1.82) is 0 Å². The van der Waals surface area contributed by atoms with Crippen LogP contribution in [0.25, 0.3) is 0 Å². The summed E-state index contributed by atoms with van der Waals surface area (Å²) in [5.41, 5.74) is 1.30. The predicted octanol–water partition coefficient (Wildman–Crippen LogP) is 2.72. The van der Waals surface area contributed by atoms with Gasteiger partial charge in [0.25, 0.3) is 5.91 Å². The molecular formula is C18H24N2O4. The lowest BCUT2D eigenvalue weighted by Crippen LogP contribution is -2.26. The lowest BCUT2D eigenvalue weighted by molar-refractivity contribution is -0.139. The number of carbonyl (C=O) groups excluding carboxylic acids is 2. The zero-order valence-electron chi connectivity index (χ0n) is 14.3. The number of rotatable bonds is 7. The first kappa shape index (κ1) is 18.0. The van der Waals surface area contributed by atoms with Crippen LogP contribution in [0.4, 0.5) is 5.69 Å². The van der Waals surface area contributed by atoms with Gasteiger partial charge in [0.1, 0.15) is 0 Å². The van der Waals surface area contributed by atoms with E-state index in [0.29, 0.717) is 11.3 Å². The number of anilines is 1. The van der Waals surface area contributed by atoms with Crippen LogP contribution in [-0.2, 0) is 9.59 Å². The number of benzene rings is 1. The summed E-state index contributed by atoms with van der Waals surface area (Å²) < 4.78 is 0. The Labute approximate surface area is 141 Å². The van der Waals surface area contributed by atoms with Crippen LogP contribution in [0.3, 0.4) is 0 Å². The van der Waals surface area contributed by atoms with Crippen molar-refractivity contribution < 1.29 is 19.5 Å². The average molecular weight is 332 g/mol. The molecule has 1 fully saturated rings. The second-order valence-corrected chi connectivity index (χ2v) is 7.24. The summed E-state index contributed by atoms with van der Waals surface area (Å²) in [7, 11) is 0. The van der Waals surface area contributed by atoms with Crippen molar-refractivity contribution in [2.24, 2.45) is 5.41 Å². The van der Waals surface area contributed by atoms with E-state index < -0.39 is 11.4 Å². The lowest BCUT2D eigenvalue weighted by Gasteiger charge is -2.22. The maximum atomic E-state index is 12.2. The number of hydrogen-bond donors (Lipinski definition) is 3. The Kier molecular flexibility index (Phi) is 5.26. The van der Waals surface area contributed by atoms with Gasteiger partial charge in [-0.25, -0.2) is 0 Å². The molecule has 0 unspecified atom stereocenters. The molecule has 1 aliphatic rings. The first-order valence-electron chi connectivity index (χ1n) is 8.09. The maximum Gasteiger partial charge on any atom is 0.303 e. The van der Waals surface area contributed by atoms with Crippen LogP contribution < -0.4 is 10.6 Å². The van der Waals surface area contributed by atoms with Crippen molar-refractivity contribution in [2.45, 2.75) is 52.5 Å². The van der Waals surface area contributed by atoms with Gasteiger partial charge < -0.3 is 15.7 Å². The minimum atomic E-state index is -0.928. The number of aliphatic carboxylic acids is 1. The normalized spacial score (nSPS) is 14.1. The summed E-state index contributed by atoms with van der Waals surface area (Å²) in [5.74, 6) is -1.33. The van der Waals surface area contributed by atoms with E-state index in [0.717, 1.165) is 18.4 Å². The molecule has 6 heteroatoms. The third kappa shape index (κ3) is 5.37.